The van der Waals surface area contributed by atoms with Crippen LogP contribution in [0.15, 0.2) is 42.5 Å². The number of piperidine rings is 1. The highest BCUT2D eigenvalue weighted by Gasteiger charge is 2.24. The first-order valence-corrected chi connectivity index (χ1v) is 8.52. The number of nitrogens with zero attached hydrogens (tertiary/aromatic N) is 3. The second-order valence-corrected chi connectivity index (χ2v) is 6.39. The molecule has 2 aromatic carbocycles. The zero-order valence-corrected chi connectivity index (χ0v) is 14.5. The fourth-order valence-corrected chi connectivity index (χ4v) is 3.35. The Labute approximate surface area is 155 Å². The number of carbonyl (C=O) groups is 1. The van der Waals surface area contributed by atoms with Gasteiger partial charge >= 0.3 is 11.8 Å². The highest BCUT2D eigenvalue weighted by atomic mass is 16.6. The van der Waals surface area contributed by atoms with Gasteiger partial charge in [-0.2, -0.15) is 5.26 Å². The molecule has 27 heavy (non-hydrogen) atoms. The number of nitro groups is 1. The molecule has 3 rings (SSSR count). The van der Waals surface area contributed by atoms with Gasteiger partial charge in [0.2, 0.25) is 0 Å². The molecule has 1 atom stereocenters. The molecule has 8 nitrogen and oxygen atoms in total. The number of nitriles is 1. The van der Waals surface area contributed by atoms with Gasteiger partial charge in [-0.25, -0.2) is 4.79 Å². The van der Waals surface area contributed by atoms with Gasteiger partial charge < -0.3 is 15.3 Å². The molecule has 8 heteroatoms. The van der Waals surface area contributed by atoms with E-state index in [2.05, 4.69) is 5.32 Å². The van der Waals surface area contributed by atoms with Crippen LogP contribution in [-0.4, -0.2) is 34.1 Å². The van der Waals surface area contributed by atoms with Gasteiger partial charge in [0.15, 0.2) is 0 Å². The number of hydrogen-bond donors (Lipinski definition) is 2. The summed E-state index contributed by atoms with van der Waals surface area (Å²) in [6.45, 7) is 1.03. The van der Waals surface area contributed by atoms with Crippen molar-refractivity contribution in [3.63, 3.8) is 0 Å². The lowest BCUT2D eigenvalue weighted by Crippen LogP contribution is -2.38. The van der Waals surface area contributed by atoms with Crippen LogP contribution in [-0.2, 0) is 0 Å². The predicted molar refractivity (Wildman–Crippen MR) is 99.1 cm³/mol. The average molecular weight is 366 g/mol. The maximum atomic E-state index is 11.3. The first-order valence-electron chi connectivity index (χ1n) is 8.52. The van der Waals surface area contributed by atoms with Crippen molar-refractivity contribution < 1.29 is 14.8 Å². The zero-order chi connectivity index (χ0) is 19.4. The molecule has 1 amide bonds. The first-order chi connectivity index (χ1) is 13.0. The Hall–Kier alpha value is -3.60. The van der Waals surface area contributed by atoms with Gasteiger partial charge in [-0.05, 0) is 42.7 Å². The minimum absolute atomic E-state index is 0.00223. The van der Waals surface area contributed by atoms with E-state index in [0.717, 1.165) is 18.4 Å². The molecule has 1 aliphatic rings. The summed E-state index contributed by atoms with van der Waals surface area (Å²) in [4.78, 5) is 23.3. The molecule has 138 valence electrons. The number of hydrogen-bond acceptors (Lipinski definition) is 5. The van der Waals surface area contributed by atoms with Gasteiger partial charge in [0.05, 0.1) is 4.92 Å². The Balaban J connectivity index is 1.78. The number of para-hydroxylation sites is 1. The maximum absolute atomic E-state index is 11.3. The molecule has 2 N–H and O–H groups in total. The van der Waals surface area contributed by atoms with Crippen LogP contribution in [0.1, 0.15) is 29.9 Å². The Morgan fingerprint density at radius 2 is 2.04 bits per heavy atom. The van der Waals surface area contributed by atoms with E-state index in [1.165, 1.54) is 11.0 Å². The summed E-state index contributed by atoms with van der Waals surface area (Å²) in [5, 5.41) is 32.5. The summed E-state index contributed by atoms with van der Waals surface area (Å²) < 4.78 is 0. The summed E-state index contributed by atoms with van der Waals surface area (Å²) in [5.74, 6) is 0.139. The topological polar surface area (TPSA) is 120 Å². The molecule has 1 saturated heterocycles. The van der Waals surface area contributed by atoms with Crippen molar-refractivity contribution in [3.8, 4) is 6.07 Å². The van der Waals surface area contributed by atoms with E-state index in [-0.39, 0.29) is 22.9 Å². The van der Waals surface area contributed by atoms with Crippen molar-refractivity contribution in [1.29, 1.82) is 5.26 Å². The fraction of sp³-hybridized carbons (Fsp3) is 0.263. The third-order valence-electron chi connectivity index (χ3n) is 4.69. The van der Waals surface area contributed by atoms with Gasteiger partial charge in [-0.1, -0.05) is 18.2 Å². The van der Waals surface area contributed by atoms with Gasteiger partial charge in [0.1, 0.15) is 17.3 Å². The van der Waals surface area contributed by atoms with Gasteiger partial charge in [-0.15, -0.1) is 0 Å². The monoisotopic (exact) mass is 366 g/mol. The van der Waals surface area contributed by atoms with E-state index in [1.54, 1.807) is 24.3 Å². The van der Waals surface area contributed by atoms with Crippen LogP contribution in [0, 0.1) is 21.4 Å². The van der Waals surface area contributed by atoms with Crippen molar-refractivity contribution >= 4 is 23.2 Å². The standard InChI is InChI=1S/C19H18N4O4/c20-11-14-3-1-5-17(18(14)23(26)27)21-16-8-6-13(7-9-16)15-4-2-10-22(12-15)19(24)25/h1,3,5-9,15,21H,2,4,10,12H2,(H,24,25). The zero-order valence-electron chi connectivity index (χ0n) is 14.5. The largest absolute Gasteiger partial charge is 0.465 e. The Morgan fingerprint density at radius 3 is 2.67 bits per heavy atom. The lowest BCUT2D eigenvalue weighted by molar-refractivity contribution is -0.384. The maximum Gasteiger partial charge on any atom is 0.407 e. The summed E-state index contributed by atoms with van der Waals surface area (Å²) >= 11 is 0. The summed E-state index contributed by atoms with van der Waals surface area (Å²) in [5.41, 5.74) is 1.68. The minimum atomic E-state index is -0.900. The molecule has 1 unspecified atom stereocenters. The van der Waals surface area contributed by atoms with Crippen LogP contribution in [0.3, 0.4) is 0 Å². The average Bonchev–Trinajstić information content (AvgIpc) is 2.68. The lowest BCUT2D eigenvalue weighted by Gasteiger charge is -2.31. The number of nitrogens with one attached hydrogen (secondary N) is 1. The van der Waals surface area contributed by atoms with Crippen molar-refractivity contribution in [2.24, 2.45) is 0 Å². The minimum Gasteiger partial charge on any atom is -0.465 e. The number of anilines is 2. The second kappa shape index (κ2) is 7.74. The summed E-state index contributed by atoms with van der Waals surface area (Å²) in [6, 6.07) is 13.8. The third kappa shape index (κ3) is 3.98. The number of amides is 1. The molecule has 1 fully saturated rings. The number of benzene rings is 2. The molecule has 0 saturated carbocycles. The number of carboxylic acid groups (broad SMARTS) is 1. The number of likely N-dealkylation sites (tertiary alicyclic amines) is 1. The molecule has 0 spiro atoms. The number of rotatable bonds is 4. The number of nitro benzene ring substituents is 1. The van der Waals surface area contributed by atoms with Crippen molar-refractivity contribution in [3.05, 3.63) is 63.7 Å². The quantitative estimate of drug-likeness (QED) is 0.622. The van der Waals surface area contributed by atoms with Gasteiger partial charge in [0.25, 0.3) is 0 Å². The van der Waals surface area contributed by atoms with Crippen molar-refractivity contribution in [1.82, 2.24) is 4.90 Å². The van der Waals surface area contributed by atoms with Crippen molar-refractivity contribution in [2.45, 2.75) is 18.8 Å². The van der Waals surface area contributed by atoms with E-state index >= 15 is 0 Å². The third-order valence-corrected chi connectivity index (χ3v) is 4.69. The second-order valence-electron chi connectivity index (χ2n) is 6.39. The van der Waals surface area contributed by atoms with E-state index < -0.39 is 11.0 Å². The lowest BCUT2D eigenvalue weighted by atomic mass is 9.91. The summed E-state index contributed by atoms with van der Waals surface area (Å²) in [6.07, 6.45) is 0.846. The normalized spacial score (nSPS) is 16.4. The van der Waals surface area contributed by atoms with Crippen LogP contribution < -0.4 is 5.32 Å². The van der Waals surface area contributed by atoms with Crippen LogP contribution >= 0.6 is 0 Å². The predicted octanol–water partition coefficient (Wildman–Crippen LogP) is 4.07. The Morgan fingerprint density at radius 1 is 1.30 bits per heavy atom. The SMILES string of the molecule is N#Cc1cccc(Nc2ccc(C3CCCN(C(=O)O)C3)cc2)c1[N+](=O)[O-]. The molecule has 1 aliphatic heterocycles. The molecular formula is C19H18N4O4. The van der Waals surface area contributed by atoms with Gasteiger partial charge in [0, 0.05) is 24.7 Å². The van der Waals surface area contributed by atoms with E-state index in [4.69, 9.17) is 10.4 Å². The first kappa shape index (κ1) is 18.2. The molecule has 0 aliphatic carbocycles. The van der Waals surface area contributed by atoms with Crippen LogP contribution in [0.4, 0.5) is 21.9 Å². The van der Waals surface area contributed by atoms with Crippen molar-refractivity contribution in [2.75, 3.05) is 18.4 Å². The van der Waals surface area contributed by atoms with Gasteiger partial charge in [-0.3, -0.25) is 10.1 Å². The van der Waals surface area contributed by atoms with E-state index in [9.17, 15) is 14.9 Å². The molecule has 1 heterocycles. The summed E-state index contributed by atoms with van der Waals surface area (Å²) in [7, 11) is 0. The van der Waals surface area contributed by atoms with E-state index in [1.807, 2.05) is 18.2 Å². The van der Waals surface area contributed by atoms with Crippen LogP contribution in [0.25, 0.3) is 0 Å². The van der Waals surface area contributed by atoms with E-state index in [0.29, 0.717) is 18.8 Å². The molecule has 0 aromatic heterocycles. The highest BCUT2D eigenvalue weighted by molar-refractivity contribution is 5.74. The van der Waals surface area contributed by atoms with Crippen LogP contribution in [0.5, 0.6) is 0 Å². The highest BCUT2D eigenvalue weighted by Crippen LogP contribution is 2.32. The molecule has 2 aromatic rings. The Bertz CT molecular complexity index is 905. The fourth-order valence-electron chi connectivity index (χ4n) is 3.35. The molecule has 0 radical (unpaired) electrons. The Kier molecular flexibility index (Phi) is 5.22. The van der Waals surface area contributed by atoms with Crippen LogP contribution in [0.2, 0.25) is 0 Å². The molecular weight excluding hydrogens is 348 g/mol. The smallest absolute Gasteiger partial charge is 0.407 e. The molecule has 0 bridgehead atoms.